The number of ether oxygens (including phenoxy) is 1. The van der Waals surface area contributed by atoms with E-state index in [-0.39, 0.29) is 12.1 Å². The maximum Gasteiger partial charge on any atom is 0.339 e. The highest BCUT2D eigenvalue weighted by Crippen LogP contribution is 2.40. The molecule has 2 unspecified atom stereocenters. The van der Waals surface area contributed by atoms with Gasteiger partial charge in [-0.05, 0) is 18.9 Å². The molecule has 22 heavy (non-hydrogen) atoms. The molecule has 122 valence electrons. The quantitative estimate of drug-likeness (QED) is 0.387. The molecule has 1 aromatic rings. The predicted molar refractivity (Wildman–Crippen MR) is 91.0 cm³/mol. The van der Waals surface area contributed by atoms with Crippen molar-refractivity contribution in [3.8, 4) is 0 Å². The van der Waals surface area contributed by atoms with Crippen LogP contribution in [0.15, 0.2) is 24.3 Å². The fourth-order valence-corrected chi connectivity index (χ4v) is 3.45. The summed E-state index contributed by atoms with van der Waals surface area (Å²) in [6.45, 7) is 4.48. The summed E-state index contributed by atoms with van der Waals surface area (Å²) in [5, 5.41) is 0. The summed E-state index contributed by atoms with van der Waals surface area (Å²) in [7, 11) is 0. The van der Waals surface area contributed by atoms with Crippen LogP contribution in [0.1, 0.15) is 93.7 Å². The fourth-order valence-electron chi connectivity index (χ4n) is 3.45. The Morgan fingerprint density at radius 3 is 2.41 bits per heavy atom. The van der Waals surface area contributed by atoms with Crippen LogP contribution in [0.4, 0.5) is 0 Å². The number of hydrogen-bond donors (Lipinski definition) is 0. The van der Waals surface area contributed by atoms with Crippen LogP contribution in [-0.4, -0.2) is 5.97 Å². The Kier molecular flexibility index (Phi) is 6.95. The zero-order valence-electron chi connectivity index (χ0n) is 14.1. The summed E-state index contributed by atoms with van der Waals surface area (Å²) in [6, 6.07) is 7.91. The number of fused-ring (bicyclic) bond motifs is 1. The van der Waals surface area contributed by atoms with Crippen molar-refractivity contribution in [3.05, 3.63) is 35.4 Å². The molecule has 2 rings (SSSR count). The van der Waals surface area contributed by atoms with Gasteiger partial charge in [0.05, 0.1) is 5.56 Å². The van der Waals surface area contributed by atoms with Gasteiger partial charge < -0.3 is 4.74 Å². The summed E-state index contributed by atoms with van der Waals surface area (Å²) in [4.78, 5) is 12.0. The molecule has 0 spiro atoms. The molecule has 0 radical (unpaired) electrons. The van der Waals surface area contributed by atoms with Gasteiger partial charge >= 0.3 is 5.97 Å². The van der Waals surface area contributed by atoms with E-state index < -0.39 is 0 Å². The van der Waals surface area contributed by atoms with Crippen LogP contribution in [0, 0.1) is 5.92 Å². The van der Waals surface area contributed by atoms with Gasteiger partial charge in [-0.2, -0.15) is 0 Å². The lowest BCUT2D eigenvalue weighted by Crippen LogP contribution is -2.13. The number of esters is 1. The van der Waals surface area contributed by atoms with Gasteiger partial charge in [0, 0.05) is 11.5 Å². The molecule has 0 bridgehead atoms. The van der Waals surface area contributed by atoms with Crippen LogP contribution >= 0.6 is 0 Å². The monoisotopic (exact) mass is 302 g/mol. The Morgan fingerprint density at radius 2 is 1.64 bits per heavy atom. The van der Waals surface area contributed by atoms with Gasteiger partial charge in [-0.15, -0.1) is 0 Å². The van der Waals surface area contributed by atoms with E-state index in [1.54, 1.807) is 0 Å². The number of cyclic esters (lactones) is 1. The van der Waals surface area contributed by atoms with Gasteiger partial charge in [0.1, 0.15) is 6.10 Å². The second kappa shape index (κ2) is 8.97. The van der Waals surface area contributed by atoms with Crippen molar-refractivity contribution < 1.29 is 9.53 Å². The smallest absolute Gasteiger partial charge is 0.339 e. The summed E-state index contributed by atoms with van der Waals surface area (Å²) < 4.78 is 5.73. The lowest BCUT2D eigenvalue weighted by molar-refractivity contribution is 0.0202. The Hall–Kier alpha value is -1.31. The highest BCUT2D eigenvalue weighted by molar-refractivity contribution is 5.94. The second-order valence-corrected chi connectivity index (χ2v) is 6.52. The minimum absolute atomic E-state index is 0.0126. The van der Waals surface area contributed by atoms with Crippen LogP contribution in [0.5, 0.6) is 0 Å². The van der Waals surface area contributed by atoms with E-state index in [0.29, 0.717) is 5.92 Å². The van der Waals surface area contributed by atoms with E-state index in [1.165, 1.54) is 51.4 Å². The Bertz CT molecular complexity index is 467. The molecular weight excluding hydrogens is 272 g/mol. The van der Waals surface area contributed by atoms with Crippen molar-refractivity contribution in [2.75, 3.05) is 0 Å². The van der Waals surface area contributed by atoms with Crippen LogP contribution in [0.3, 0.4) is 0 Å². The fraction of sp³-hybridized carbons (Fsp3) is 0.650. The van der Waals surface area contributed by atoms with Crippen LogP contribution in [0.25, 0.3) is 0 Å². The lowest BCUT2D eigenvalue weighted by atomic mass is 9.86. The zero-order chi connectivity index (χ0) is 15.8. The molecule has 0 saturated heterocycles. The summed E-state index contributed by atoms with van der Waals surface area (Å²) >= 11 is 0. The van der Waals surface area contributed by atoms with E-state index in [2.05, 4.69) is 19.9 Å². The Morgan fingerprint density at radius 1 is 0.955 bits per heavy atom. The minimum atomic E-state index is -0.131. The summed E-state index contributed by atoms with van der Waals surface area (Å²) in [5.74, 6) is 0.349. The third-order valence-corrected chi connectivity index (χ3v) is 4.76. The average Bonchev–Trinajstić information content (AvgIpc) is 2.88. The van der Waals surface area contributed by atoms with E-state index >= 15 is 0 Å². The Labute approximate surface area is 135 Å². The molecule has 2 nitrogen and oxygen atoms in total. The molecule has 0 fully saturated rings. The van der Waals surface area contributed by atoms with Crippen molar-refractivity contribution in [1.82, 2.24) is 0 Å². The van der Waals surface area contributed by atoms with Gasteiger partial charge in [-0.1, -0.05) is 77.0 Å². The molecule has 2 atom stereocenters. The number of carbonyl (C=O) groups is 1. The van der Waals surface area contributed by atoms with Crippen molar-refractivity contribution in [2.45, 2.75) is 77.7 Å². The first-order valence-corrected chi connectivity index (χ1v) is 9.07. The first-order valence-electron chi connectivity index (χ1n) is 9.07. The highest BCUT2D eigenvalue weighted by atomic mass is 16.5. The largest absolute Gasteiger partial charge is 0.454 e. The number of carbonyl (C=O) groups excluding carboxylic acids is 1. The number of rotatable bonds is 10. The lowest BCUT2D eigenvalue weighted by Gasteiger charge is -2.23. The summed E-state index contributed by atoms with van der Waals surface area (Å²) in [6.07, 6.45) is 11.3. The van der Waals surface area contributed by atoms with Crippen molar-refractivity contribution >= 4 is 5.97 Å². The highest BCUT2D eigenvalue weighted by Gasteiger charge is 2.35. The first kappa shape index (κ1) is 17.1. The van der Waals surface area contributed by atoms with Crippen LogP contribution in [-0.2, 0) is 4.74 Å². The standard InChI is InChI=1S/C20H30O2/c1-3-5-7-8-9-13-16(12-6-4-2)19-17-14-10-11-15-18(17)20(21)22-19/h10-11,14-16,19H,3-9,12-13H2,1-2H3. The number of hydrogen-bond acceptors (Lipinski definition) is 2. The molecule has 0 aromatic heterocycles. The molecule has 1 aliphatic heterocycles. The van der Waals surface area contributed by atoms with Gasteiger partial charge in [0.25, 0.3) is 0 Å². The molecule has 0 aliphatic carbocycles. The second-order valence-electron chi connectivity index (χ2n) is 6.52. The maximum absolute atomic E-state index is 12.0. The van der Waals surface area contributed by atoms with Gasteiger partial charge in [0.15, 0.2) is 0 Å². The molecule has 1 aromatic carbocycles. The molecule has 0 N–H and O–H groups in total. The maximum atomic E-state index is 12.0. The van der Waals surface area contributed by atoms with Crippen LogP contribution in [0.2, 0.25) is 0 Å². The molecule has 1 heterocycles. The first-order chi connectivity index (χ1) is 10.8. The molecule has 2 heteroatoms. The Balaban J connectivity index is 1.98. The summed E-state index contributed by atoms with van der Waals surface area (Å²) in [5.41, 5.74) is 1.89. The topological polar surface area (TPSA) is 26.3 Å². The van der Waals surface area contributed by atoms with E-state index in [9.17, 15) is 4.79 Å². The van der Waals surface area contributed by atoms with E-state index in [0.717, 1.165) is 17.5 Å². The third-order valence-electron chi connectivity index (χ3n) is 4.76. The van der Waals surface area contributed by atoms with Crippen molar-refractivity contribution in [2.24, 2.45) is 5.92 Å². The van der Waals surface area contributed by atoms with Crippen LogP contribution < -0.4 is 0 Å². The van der Waals surface area contributed by atoms with Crippen molar-refractivity contribution in [1.29, 1.82) is 0 Å². The van der Waals surface area contributed by atoms with E-state index in [1.807, 2.05) is 18.2 Å². The third kappa shape index (κ3) is 4.34. The normalized spacial score (nSPS) is 18.1. The van der Waals surface area contributed by atoms with Gasteiger partial charge in [-0.25, -0.2) is 4.79 Å². The number of benzene rings is 1. The zero-order valence-corrected chi connectivity index (χ0v) is 14.1. The average molecular weight is 302 g/mol. The SMILES string of the molecule is CCCCCCCC(CCCC)C1OC(=O)c2ccccc21. The van der Waals surface area contributed by atoms with Gasteiger partial charge in [0.2, 0.25) is 0 Å². The molecule has 0 amide bonds. The molecule has 1 aliphatic rings. The minimum Gasteiger partial charge on any atom is -0.454 e. The predicted octanol–water partition coefficient (Wildman–Crippen LogP) is 6.07. The molecular formula is C20H30O2. The number of unbranched alkanes of at least 4 members (excludes halogenated alkanes) is 5. The van der Waals surface area contributed by atoms with E-state index in [4.69, 9.17) is 4.74 Å². The van der Waals surface area contributed by atoms with Crippen molar-refractivity contribution in [3.63, 3.8) is 0 Å². The van der Waals surface area contributed by atoms with Gasteiger partial charge in [-0.3, -0.25) is 0 Å². The molecule has 0 saturated carbocycles.